The Hall–Kier alpha value is -13.9. The first-order valence-corrected chi connectivity index (χ1v) is 45.8. The quantitative estimate of drug-likeness (QED) is 0.00930. The molecule has 0 aromatic heterocycles. The Morgan fingerprint density at radius 3 is 1.06 bits per heavy atom. The van der Waals surface area contributed by atoms with Crippen molar-refractivity contribution in [2.24, 2.45) is 5.73 Å². The largest absolute Gasteiger partial charge is 1.00 e. The van der Waals surface area contributed by atoms with E-state index in [1.54, 1.807) is 128 Å². The molecule has 33 nitrogen and oxygen atoms in total. The maximum atomic E-state index is 13.1. The molecule has 8 aromatic rings. The van der Waals surface area contributed by atoms with Crippen molar-refractivity contribution in [3.05, 3.63) is 302 Å². The number of methoxy groups -OCH3 is 2. The number of anilines is 5. The van der Waals surface area contributed by atoms with Crippen LogP contribution >= 0.6 is 0 Å². The number of carbonyl (C=O) groups excluding carboxylic acids is 10. The summed E-state index contributed by atoms with van der Waals surface area (Å²) in [4.78, 5) is 144. The Balaban J connectivity index is 0.000000597. The number of rotatable bonds is 23. The summed E-state index contributed by atoms with van der Waals surface area (Å²) in [6.45, 7) is 34.4. The molecule has 34 heteroatoms. The second kappa shape index (κ2) is 62.3. The van der Waals surface area contributed by atoms with Crippen LogP contribution in [0.4, 0.5) is 38.0 Å². The van der Waals surface area contributed by atoms with E-state index < -0.39 is 58.9 Å². The Labute approximate surface area is 845 Å². The van der Waals surface area contributed by atoms with Crippen molar-refractivity contribution in [1.29, 1.82) is 0 Å². The molecule has 0 saturated carbocycles. The van der Waals surface area contributed by atoms with Crippen LogP contribution in [0.5, 0.6) is 0 Å². The number of hydrogen-bond acceptors (Lipinski definition) is 22. The number of nitrogens with two attached hydrogens (primary N) is 2. The number of amides is 8. The zero-order valence-electron chi connectivity index (χ0n) is 85.0. The van der Waals surface area contributed by atoms with Gasteiger partial charge in [-0.1, -0.05) is 125 Å². The molecule has 8 amide bonds. The fourth-order valence-corrected chi connectivity index (χ4v) is 14.1. The normalized spacial score (nSPS) is 12.8. The first kappa shape index (κ1) is 124. The van der Waals surface area contributed by atoms with Crippen molar-refractivity contribution in [3.63, 3.8) is 0 Å². The van der Waals surface area contributed by atoms with Gasteiger partial charge in [0.05, 0.1) is 36.5 Å². The van der Waals surface area contributed by atoms with Gasteiger partial charge in [0.1, 0.15) is 11.2 Å². The zero-order valence-corrected chi connectivity index (χ0v) is 85.0. The number of ether oxygens (including phenoxy) is 4. The number of carboxylic acids is 2. The summed E-state index contributed by atoms with van der Waals surface area (Å²) in [5.41, 5.74) is 23.7. The number of piperidine rings is 3. The van der Waals surface area contributed by atoms with Crippen LogP contribution < -0.4 is 67.5 Å². The van der Waals surface area contributed by atoms with Crippen LogP contribution in [-0.4, -0.2) is 189 Å². The molecule has 3 aliphatic rings. The van der Waals surface area contributed by atoms with Gasteiger partial charge in [-0.05, 0) is 305 Å². The molecule has 3 fully saturated rings. The molecule has 0 bridgehead atoms. The van der Waals surface area contributed by atoms with Crippen molar-refractivity contribution in [2.75, 3.05) is 80.5 Å². The second-order valence-electron chi connectivity index (χ2n) is 36.8. The van der Waals surface area contributed by atoms with E-state index in [9.17, 15) is 67.7 Å². The SMILES string of the molecule is CC(C)(C)OC(=O)NCc1cccc(C2CCN(C(=O)c3cccc(NC(=O)C(O)C(C)(C)O)c3)CC2)c1.CC(C)=CC(=O)Nc1cccc(C(=O)N2CCC(c3cccc(CNC(=O)OC(C)(C)C)c3)CC2)c1.CC(C)=CC(=O)Nc1cccc(C(=O)O)c1.CC(C)=CC(=O)O.COC(=O)c1cccc(N)c1.COC(=O)c1cccc(NC(=O)C=C(C)C)c1.NCc1cccc(C2CCNCC2)c1.O.[Li+].[OH-]. The van der Waals surface area contributed by atoms with Gasteiger partial charge in [-0.15, -0.1) is 0 Å². The minimum atomic E-state index is -1.60. The number of carboxylic acid groups (broad SMARTS) is 2. The number of nitrogen functional groups attached to an aromatic ring is 1. The van der Waals surface area contributed by atoms with E-state index in [2.05, 4.69) is 95.2 Å². The smallest absolute Gasteiger partial charge is 0.870 e. The number of esters is 2. The van der Waals surface area contributed by atoms with Gasteiger partial charge in [0.15, 0.2) is 6.10 Å². The van der Waals surface area contributed by atoms with Crippen molar-refractivity contribution in [2.45, 2.75) is 210 Å². The summed E-state index contributed by atoms with van der Waals surface area (Å²) in [7, 11) is 2.66. The topological polar surface area (TPSA) is 527 Å². The maximum absolute atomic E-state index is 13.1. The minimum Gasteiger partial charge on any atom is -0.870 e. The van der Waals surface area contributed by atoms with Crippen LogP contribution in [0.25, 0.3) is 0 Å². The summed E-state index contributed by atoms with van der Waals surface area (Å²) in [5, 5.41) is 56.2. The van der Waals surface area contributed by atoms with Gasteiger partial charge < -0.3 is 109 Å². The number of hydrogen-bond donors (Lipinski definition) is 13. The molecular weight excluding hydrogens is 1810 g/mol. The molecule has 762 valence electrons. The van der Waals surface area contributed by atoms with Gasteiger partial charge >= 0.3 is 54.9 Å². The molecule has 0 aliphatic carbocycles. The number of benzene rings is 8. The number of aliphatic carboxylic acids is 1. The molecule has 8 aromatic carbocycles. The van der Waals surface area contributed by atoms with E-state index in [1.165, 1.54) is 99.6 Å². The van der Waals surface area contributed by atoms with Crippen LogP contribution in [0.2, 0.25) is 0 Å². The predicted molar refractivity (Wildman–Crippen MR) is 548 cm³/mol. The number of likely N-dealkylation sites (tertiary alicyclic amines) is 2. The summed E-state index contributed by atoms with van der Waals surface area (Å²) >= 11 is 0. The third-order valence-electron chi connectivity index (χ3n) is 20.7. The van der Waals surface area contributed by atoms with Gasteiger partial charge in [-0.25, -0.2) is 28.8 Å². The van der Waals surface area contributed by atoms with Gasteiger partial charge in [-0.3, -0.25) is 28.8 Å². The molecule has 18 N–H and O–H groups in total. The summed E-state index contributed by atoms with van der Waals surface area (Å²) < 4.78 is 19.7. The minimum absolute atomic E-state index is 0. The van der Waals surface area contributed by atoms with E-state index in [0.29, 0.717) is 108 Å². The predicted octanol–water partition coefficient (Wildman–Crippen LogP) is 13.8. The summed E-state index contributed by atoms with van der Waals surface area (Å²) in [5.74, 6) is -2.87. The van der Waals surface area contributed by atoms with Crippen LogP contribution in [0, 0.1) is 0 Å². The molecule has 3 saturated heterocycles. The zero-order chi connectivity index (χ0) is 103. The van der Waals surface area contributed by atoms with Gasteiger partial charge in [0, 0.05) is 110 Å². The molecule has 0 radical (unpaired) electrons. The number of allylic oxidation sites excluding steroid dienone is 4. The van der Waals surface area contributed by atoms with E-state index in [4.69, 9.17) is 31.2 Å². The third kappa shape index (κ3) is 48.3. The Bertz CT molecular complexity index is 5600. The fourth-order valence-electron chi connectivity index (χ4n) is 14.1. The van der Waals surface area contributed by atoms with Crippen molar-refractivity contribution >= 4 is 99.9 Å². The standard InChI is InChI=1S/C29H39N3O6.C29H37N3O4.C13H15NO3.C12H18N2.C12H13NO3.C8H9NO2.C5H8O2.Li.2H2O/c1-28(2,3)38-27(36)30-18-19-8-6-9-21(16-19)20-12-14-32(15-13-20)26(35)22-10-7-11-23(17-22)31-25(34)24(33)29(4,5)37;1-20(2)16-26(33)31-25-11-7-10-24(18-25)27(34)32-14-12-22(13-15-32)23-9-6-8-21(17-23)19-30-28(35)36-29(3,4)5;1-9(2)7-12(15)14-11-6-4-5-10(8-11)13(16)17-3;13-9-10-2-1-3-12(8-10)11-4-6-14-7-5-11;1-8(2)6-11(14)13-10-5-3-4-9(7-10)12(15)16;1-11-8(10)6-3-2-4-7(9)5-6;1-4(2)3-5(6)7;;;/h6-11,16-17,20,24,33,37H,12-15,18H2,1-5H3,(H,30,36)(H,31,34);6-11,16-18,22H,12-15,19H2,1-5H3,(H,30,35)(H,31,33);4-8H,1-3H3,(H,14,15);1-3,8,11,14H,4-7,9,13H2;3-7H,1-2H3,(H,13,14)(H,15,16);2-5H,9H2,1H3;3H,1-2H3,(H,6,7);;2*1H2/q;;;;;;;+1;;/p-1. The third-order valence-corrected chi connectivity index (χ3v) is 20.7. The van der Waals surface area contributed by atoms with E-state index in [0.717, 1.165) is 78.1 Å². The van der Waals surface area contributed by atoms with E-state index >= 15 is 0 Å². The Kier molecular flexibility index (Phi) is 54.5. The number of nitrogens with zero attached hydrogens (tertiary/aromatic N) is 2. The summed E-state index contributed by atoms with van der Waals surface area (Å²) in [6, 6.07) is 58.1. The first-order chi connectivity index (χ1) is 65.5. The monoisotopic (exact) mass is 1950 g/mol. The first-order valence-electron chi connectivity index (χ1n) is 45.8. The van der Waals surface area contributed by atoms with Gasteiger partial charge in [-0.2, -0.15) is 0 Å². The molecule has 11 rings (SSSR count). The molecular formula is C108H142LiN11O22. The number of alkyl carbamates (subject to hydrolysis) is 2. The van der Waals surface area contributed by atoms with Gasteiger partial charge in [0.25, 0.3) is 17.7 Å². The van der Waals surface area contributed by atoms with Crippen LogP contribution in [0.1, 0.15) is 252 Å². The molecule has 0 spiro atoms. The van der Waals surface area contributed by atoms with E-state index in [-0.39, 0.29) is 70.9 Å². The molecule has 3 heterocycles. The van der Waals surface area contributed by atoms with Crippen LogP contribution in [0.15, 0.2) is 241 Å². The number of aliphatic hydroxyl groups excluding tert-OH is 1. The molecule has 1 unspecified atom stereocenters. The summed E-state index contributed by atoms with van der Waals surface area (Å²) in [6.07, 6.45) is 9.02. The van der Waals surface area contributed by atoms with Crippen LogP contribution in [-0.2, 0) is 62.6 Å². The number of aliphatic hydroxyl groups is 2. The van der Waals surface area contributed by atoms with Crippen LogP contribution in [0.3, 0.4) is 0 Å². The Morgan fingerprint density at radius 1 is 0.430 bits per heavy atom. The number of aromatic carboxylic acids is 1. The average Bonchev–Trinajstić information content (AvgIpc) is 0.824. The maximum Gasteiger partial charge on any atom is 1.00 e. The van der Waals surface area contributed by atoms with Gasteiger partial charge in [0.2, 0.25) is 17.7 Å². The Morgan fingerprint density at radius 2 is 0.739 bits per heavy atom. The molecule has 3 aliphatic heterocycles. The van der Waals surface area contributed by atoms with Crippen molar-refractivity contribution < 1.29 is 127 Å². The second-order valence-corrected chi connectivity index (χ2v) is 36.8. The molecule has 1 atom stereocenters. The number of carbonyl (C=O) groups is 12. The average molecular weight is 1950 g/mol. The number of nitrogens with one attached hydrogen (secondary N) is 7. The van der Waals surface area contributed by atoms with Crippen molar-refractivity contribution in [3.8, 4) is 0 Å². The fraction of sp³-hybridized carbons (Fsp3) is 0.370. The van der Waals surface area contributed by atoms with Crippen molar-refractivity contribution in [1.82, 2.24) is 25.8 Å². The van der Waals surface area contributed by atoms with E-state index in [1.807, 2.05) is 112 Å². The molecule has 142 heavy (non-hydrogen) atoms.